The summed E-state index contributed by atoms with van der Waals surface area (Å²) in [6, 6.07) is 26.9. The molecule has 5 rings (SSSR count). The van der Waals surface area contributed by atoms with Gasteiger partial charge in [0.15, 0.2) is 12.0 Å². The molecule has 1 amide bonds. The minimum Gasteiger partial charge on any atom is -0.451 e. The Balaban J connectivity index is 1.48. The highest BCUT2D eigenvalue weighted by molar-refractivity contribution is 5.96. The van der Waals surface area contributed by atoms with Gasteiger partial charge in [-0.15, -0.1) is 0 Å². The Morgan fingerprint density at radius 2 is 1.77 bits per heavy atom. The van der Waals surface area contributed by atoms with E-state index < -0.39 is 0 Å². The number of hydrogen-bond donors (Lipinski definition) is 1. The van der Waals surface area contributed by atoms with Crippen molar-refractivity contribution in [3.63, 3.8) is 0 Å². The number of furan rings is 1. The average molecular weight is 464 g/mol. The molecular formula is C28H25N5O2. The van der Waals surface area contributed by atoms with E-state index in [-0.39, 0.29) is 11.9 Å². The highest BCUT2D eigenvalue weighted by Gasteiger charge is 2.34. The molecule has 1 atom stereocenters. The van der Waals surface area contributed by atoms with Crippen molar-refractivity contribution >= 4 is 28.5 Å². The number of carbonyl (C=O) groups excluding carboxylic acids is 1. The smallest absolute Gasteiger partial charge is 0.290 e. The van der Waals surface area contributed by atoms with Gasteiger partial charge in [-0.1, -0.05) is 66.7 Å². The molecule has 7 heteroatoms. The van der Waals surface area contributed by atoms with Crippen LogP contribution in [0.2, 0.25) is 0 Å². The van der Waals surface area contributed by atoms with E-state index in [1.54, 1.807) is 6.07 Å². The van der Waals surface area contributed by atoms with Crippen molar-refractivity contribution in [2.75, 3.05) is 19.6 Å². The lowest BCUT2D eigenvalue weighted by Crippen LogP contribution is -2.54. The highest BCUT2D eigenvalue weighted by Crippen LogP contribution is 2.29. The van der Waals surface area contributed by atoms with Gasteiger partial charge in [-0.05, 0) is 36.2 Å². The number of para-hydroxylation sites is 2. The molecule has 1 aromatic heterocycles. The van der Waals surface area contributed by atoms with Crippen LogP contribution < -0.4 is 5.32 Å². The van der Waals surface area contributed by atoms with Gasteiger partial charge in [0.1, 0.15) is 5.58 Å². The van der Waals surface area contributed by atoms with E-state index in [9.17, 15) is 10.1 Å². The number of guanidine groups is 1. The predicted octanol–water partition coefficient (Wildman–Crippen LogP) is 5.00. The van der Waals surface area contributed by atoms with Crippen molar-refractivity contribution in [1.29, 1.82) is 5.26 Å². The molecule has 174 valence electrons. The predicted molar refractivity (Wildman–Crippen MR) is 135 cm³/mol. The molecule has 0 saturated carbocycles. The number of aryl methyl sites for hydroxylation is 1. The third-order valence-corrected chi connectivity index (χ3v) is 6.27. The number of nitrogens with zero attached hydrogens (tertiary/aromatic N) is 4. The first kappa shape index (κ1) is 22.2. The number of hydrogen-bond acceptors (Lipinski definition) is 4. The van der Waals surface area contributed by atoms with Crippen molar-refractivity contribution in [3.8, 4) is 6.19 Å². The molecule has 35 heavy (non-hydrogen) atoms. The summed E-state index contributed by atoms with van der Waals surface area (Å²) in [7, 11) is 0. The lowest BCUT2D eigenvalue weighted by atomic mass is 10.0. The van der Waals surface area contributed by atoms with Crippen LogP contribution in [-0.2, 0) is 0 Å². The van der Waals surface area contributed by atoms with Crippen LogP contribution >= 0.6 is 0 Å². The molecule has 2 heterocycles. The SMILES string of the molecule is Cc1ccccc1N=C(NC#N)N1CCN(C(=O)c2cc3ccccc3o2)C(c2ccccc2)C1. The molecule has 0 spiro atoms. The van der Waals surface area contributed by atoms with Crippen LogP contribution in [0.15, 0.2) is 94.3 Å². The Morgan fingerprint density at radius 1 is 1.03 bits per heavy atom. The second kappa shape index (κ2) is 9.74. The van der Waals surface area contributed by atoms with Gasteiger partial charge in [0.05, 0.1) is 11.7 Å². The number of rotatable bonds is 3. The highest BCUT2D eigenvalue weighted by atomic mass is 16.3. The standard InChI is InChI=1S/C28H25N5O2/c1-20-9-5-7-13-23(20)31-28(30-19-29)32-15-16-33(24(18-32)21-10-3-2-4-11-21)27(34)26-17-22-12-6-8-14-25(22)35-26/h2-14,17,24H,15-16,18H2,1H3,(H,30,31). The van der Waals surface area contributed by atoms with Crippen molar-refractivity contribution in [2.24, 2.45) is 4.99 Å². The lowest BCUT2D eigenvalue weighted by molar-refractivity contribution is 0.0518. The monoisotopic (exact) mass is 463 g/mol. The first-order chi connectivity index (χ1) is 17.1. The molecule has 0 aliphatic carbocycles. The minimum absolute atomic E-state index is 0.152. The fraction of sp³-hybridized carbons (Fsp3) is 0.179. The van der Waals surface area contributed by atoms with Gasteiger partial charge in [-0.3, -0.25) is 10.1 Å². The third-order valence-electron chi connectivity index (χ3n) is 6.27. The Kier molecular flexibility index (Phi) is 6.18. The van der Waals surface area contributed by atoms with Crippen molar-refractivity contribution in [2.45, 2.75) is 13.0 Å². The maximum Gasteiger partial charge on any atom is 0.290 e. The van der Waals surface area contributed by atoms with Gasteiger partial charge in [0, 0.05) is 25.0 Å². The minimum atomic E-state index is -0.242. The Hall–Kier alpha value is -4.57. The van der Waals surface area contributed by atoms with Gasteiger partial charge in [0.25, 0.3) is 5.91 Å². The van der Waals surface area contributed by atoms with Crippen LogP contribution in [0.4, 0.5) is 5.69 Å². The van der Waals surface area contributed by atoms with Crippen molar-refractivity contribution in [3.05, 3.63) is 102 Å². The first-order valence-electron chi connectivity index (χ1n) is 11.5. The lowest BCUT2D eigenvalue weighted by Gasteiger charge is -2.42. The summed E-state index contributed by atoms with van der Waals surface area (Å²) in [5.41, 5.74) is 3.51. The average Bonchev–Trinajstić information content (AvgIpc) is 3.34. The van der Waals surface area contributed by atoms with Crippen LogP contribution in [-0.4, -0.2) is 41.3 Å². The number of aliphatic imine (C=N–C) groups is 1. The van der Waals surface area contributed by atoms with Crippen LogP contribution in [0.5, 0.6) is 0 Å². The summed E-state index contributed by atoms with van der Waals surface area (Å²) in [6.45, 7) is 3.44. The normalized spacial score (nSPS) is 16.2. The molecule has 1 unspecified atom stereocenters. The Morgan fingerprint density at radius 3 is 2.54 bits per heavy atom. The fourth-order valence-corrected chi connectivity index (χ4v) is 4.44. The molecule has 0 bridgehead atoms. The zero-order valence-corrected chi connectivity index (χ0v) is 19.4. The summed E-state index contributed by atoms with van der Waals surface area (Å²) >= 11 is 0. The molecule has 1 fully saturated rings. The zero-order valence-electron chi connectivity index (χ0n) is 19.4. The molecule has 3 aromatic carbocycles. The largest absolute Gasteiger partial charge is 0.451 e. The Labute approximate surface area is 203 Å². The molecule has 0 radical (unpaired) electrons. The summed E-state index contributed by atoms with van der Waals surface area (Å²) < 4.78 is 5.89. The summed E-state index contributed by atoms with van der Waals surface area (Å²) in [5, 5.41) is 13.1. The third kappa shape index (κ3) is 4.59. The van der Waals surface area contributed by atoms with E-state index in [0.717, 1.165) is 22.2 Å². The zero-order chi connectivity index (χ0) is 24.2. The number of benzene rings is 3. The van der Waals surface area contributed by atoms with E-state index in [2.05, 4.69) is 5.32 Å². The van der Waals surface area contributed by atoms with Crippen molar-refractivity contribution in [1.82, 2.24) is 15.1 Å². The van der Waals surface area contributed by atoms with E-state index in [4.69, 9.17) is 9.41 Å². The summed E-state index contributed by atoms with van der Waals surface area (Å²) in [6.07, 6.45) is 2.02. The number of fused-ring (bicyclic) bond motifs is 1. The molecule has 1 saturated heterocycles. The molecule has 1 N–H and O–H groups in total. The molecular weight excluding hydrogens is 438 g/mol. The number of carbonyl (C=O) groups is 1. The molecule has 7 nitrogen and oxygen atoms in total. The number of piperazine rings is 1. The number of nitrogens with one attached hydrogen (secondary N) is 1. The van der Waals surface area contributed by atoms with Gasteiger partial charge < -0.3 is 14.2 Å². The summed E-state index contributed by atoms with van der Waals surface area (Å²) in [5.74, 6) is 0.642. The van der Waals surface area contributed by atoms with E-state index in [0.29, 0.717) is 36.9 Å². The van der Waals surface area contributed by atoms with Crippen LogP contribution in [0.3, 0.4) is 0 Å². The first-order valence-corrected chi connectivity index (χ1v) is 11.5. The van der Waals surface area contributed by atoms with Gasteiger partial charge in [0.2, 0.25) is 5.96 Å². The van der Waals surface area contributed by atoms with Crippen LogP contribution in [0.1, 0.15) is 27.7 Å². The fourth-order valence-electron chi connectivity index (χ4n) is 4.44. The van der Waals surface area contributed by atoms with Crippen LogP contribution in [0.25, 0.3) is 11.0 Å². The summed E-state index contributed by atoms with van der Waals surface area (Å²) in [4.78, 5) is 22.2. The van der Waals surface area contributed by atoms with E-state index >= 15 is 0 Å². The maximum atomic E-state index is 13.6. The van der Waals surface area contributed by atoms with E-state index in [1.807, 2.05) is 102 Å². The van der Waals surface area contributed by atoms with Gasteiger partial charge in [-0.2, -0.15) is 5.26 Å². The second-order valence-corrected chi connectivity index (χ2v) is 8.48. The van der Waals surface area contributed by atoms with Gasteiger partial charge in [-0.25, -0.2) is 4.99 Å². The van der Waals surface area contributed by atoms with Crippen molar-refractivity contribution < 1.29 is 9.21 Å². The van der Waals surface area contributed by atoms with Gasteiger partial charge >= 0.3 is 0 Å². The topological polar surface area (TPSA) is 84.9 Å². The molecule has 4 aromatic rings. The number of amides is 1. The maximum absolute atomic E-state index is 13.6. The molecule has 1 aliphatic heterocycles. The Bertz CT molecular complexity index is 1390. The number of nitriles is 1. The second-order valence-electron chi connectivity index (χ2n) is 8.48. The van der Waals surface area contributed by atoms with Crippen LogP contribution in [0, 0.1) is 18.4 Å². The quantitative estimate of drug-likeness (QED) is 0.200. The van der Waals surface area contributed by atoms with E-state index in [1.165, 1.54) is 0 Å². The molecule has 1 aliphatic rings.